The molecule has 31 heavy (non-hydrogen) atoms. The van der Waals surface area contributed by atoms with Gasteiger partial charge in [0.15, 0.2) is 6.61 Å². The van der Waals surface area contributed by atoms with Crippen molar-refractivity contribution in [3.05, 3.63) is 64.9 Å². The summed E-state index contributed by atoms with van der Waals surface area (Å²) in [6, 6.07) is 13.8. The highest BCUT2D eigenvalue weighted by molar-refractivity contribution is 6.31. The van der Waals surface area contributed by atoms with Gasteiger partial charge in [-0.2, -0.15) is 0 Å². The topological polar surface area (TPSA) is 59.5 Å². The van der Waals surface area contributed by atoms with E-state index in [-0.39, 0.29) is 12.5 Å². The SMILES string of the molecule is COCCn1ccc2c(OCC(=O)N3CCc4[nH]c5ccc(Cl)cc5c4C3)cccc21. The van der Waals surface area contributed by atoms with E-state index in [0.717, 1.165) is 46.1 Å². The molecule has 6 nitrogen and oxygen atoms in total. The van der Waals surface area contributed by atoms with Crippen molar-refractivity contribution in [1.29, 1.82) is 0 Å². The Bertz CT molecular complexity index is 1260. The minimum atomic E-state index is -0.0159. The molecule has 1 aliphatic rings. The number of nitrogens with one attached hydrogen (secondary N) is 1. The maximum atomic E-state index is 12.9. The van der Waals surface area contributed by atoms with E-state index in [1.807, 2.05) is 53.6 Å². The molecule has 4 aromatic rings. The second-order valence-corrected chi connectivity index (χ2v) is 8.25. The molecule has 1 aliphatic heterocycles. The zero-order valence-corrected chi connectivity index (χ0v) is 18.1. The number of methoxy groups -OCH3 is 1. The van der Waals surface area contributed by atoms with E-state index in [2.05, 4.69) is 9.55 Å². The van der Waals surface area contributed by atoms with E-state index < -0.39 is 0 Å². The average Bonchev–Trinajstić information content (AvgIpc) is 3.37. The van der Waals surface area contributed by atoms with E-state index >= 15 is 0 Å². The van der Waals surface area contributed by atoms with Gasteiger partial charge in [-0.3, -0.25) is 4.79 Å². The van der Waals surface area contributed by atoms with Crippen LogP contribution in [0.5, 0.6) is 5.75 Å². The Labute approximate surface area is 185 Å². The van der Waals surface area contributed by atoms with E-state index in [9.17, 15) is 4.79 Å². The highest BCUT2D eigenvalue weighted by Crippen LogP contribution is 2.30. The molecule has 2 aromatic heterocycles. The number of aromatic nitrogens is 2. The number of hydrogen-bond acceptors (Lipinski definition) is 3. The van der Waals surface area contributed by atoms with Crippen molar-refractivity contribution in [2.24, 2.45) is 0 Å². The Morgan fingerprint density at radius 2 is 2.10 bits per heavy atom. The molecular weight excluding hydrogens is 414 g/mol. The van der Waals surface area contributed by atoms with Gasteiger partial charge in [0, 0.05) is 71.9 Å². The van der Waals surface area contributed by atoms with Gasteiger partial charge in [0.2, 0.25) is 0 Å². The van der Waals surface area contributed by atoms with Crippen LogP contribution in [0.25, 0.3) is 21.8 Å². The molecule has 0 fully saturated rings. The molecular formula is C24H24ClN3O3. The summed E-state index contributed by atoms with van der Waals surface area (Å²) in [5.74, 6) is 0.705. The lowest BCUT2D eigenvalue weighted by atomic mass is 10.0. The van der Waals surface area contributed by atoms with Crippen LogP contribution in [0.1, 0.15) is 11.3 Å². The summed E-state index contributed by atoms with van der Waals surface area (Å²) in [6.07, 6.45) is 2.82. The van der Waals surface area contributed by atoms with Crippen molar-refractivity contribution in [3.63, 3.8) is 0 Å². The van der Waals surface area contributed by atoms with Gasteiger partial charge < -0.3 is 23.9 Å². The van der Waals surface area contributed by atoms with Crippen LogP contribution >= 0.6 is 11.6 Å². The molecule has 1 amide bonds. The van der Waals surface area contributed by atoms with Crippen molar-refractivity contribution in [2.45, 2.75) is 19.5 Å². The van der Waals surface area contributed by atoms with Crippen LogP contribution in [0, 0.1) is 0 Å². The number of halogens is 1. The maximum absolute atomic E-state index is 12.9. The van der Waals surface area contributed by atoms with Crippen molar-refractivity contribution in [2.75, 3.05) is 26.9 Å². The Morgan fingerprint density at radius 3 is 2.97 bits per heavy atom. The number of ether oxygens (including phenoxy) is 2. The number of amides is 1. The smallest absolute Gasteiger partial charge is 0.260 e. The van der Waals surface area contributed by atoms with Crippen LogP contribution in [0.4, 0.5) is 0 Å². The monoisotopic (exact) mass is 437 g/mol. The molecule has 160 valence electrons. The zero-order chi connectivity index (χ0) is 21.4. The third kappa shape index (κ3) is 3.77. The summed E-state index contributed by atoms with van der Waals surface area (Å²) < 4.78 is 13.3. The molecule has 0 spiro atoms. The molecule has 0 bridgehead atoms. The lowest BCUT2D eigenvalue weighted by Gasteiger charge is -2.27. The third-order valence-corrected chi connectivity index (χ3v) is 6.19. The molecule has 3 heterocycles. The van der Waals surface area contributed by atoms with Gasteiger partial charge in [-0.05, 0) is 36.4 Å². The molecule has 0 atom stereocenters. The lowest BCUT2D eigenvalue weighted by molar-refractivity contribution is -0.134. The number of nitrogens with zero attached hydrogens (tertiary/aromatic N) is 2. The molecule has 0 saturated heterocycles. The first-order chi connectivity index (χ1) is 15.1. The summed E-state index contributed by atoms with van der Waals surface area (Å²) in [7, 11) is 1.69. The minimum Gasteiger partial charge on any atom is -0.483 e. The van der Waals surface area contributed by atoms with Gasteiger partial charge in [-0.15, -0.1) is 0 Å². The van der Waals surface area contributed by atoms with Gasteiger partial charge in [0.25, 0.3) is 5.91 Å². The van der Waals surface area contributed by atoms with Crippen LogP contribution < -0.4 is 4.74 Å². The number of fused-ring (bicyclic) bond motifs is 4. The van der Waals surface area contributed by atoms with E-state index in [4.69, 9.17) is 21.1 Å². The fraction of sp³-hybridized carbons (Fsp3) is 0.292. The zero-order valence-electron chi connectivity index (χ0n) is 17.4. The minimum absolute atomic E-state index is 0.0147. The summed E-state index contributed by atoms with van der Waals surface area (Å²) in [6.45, 7) is 2.67. The van der Waals surface area contributed by atoms with Crippen molar-refractivity contribution < 1.29 is 14.3 Å². The average molecular weight is 438 g/mol. The second kappa shape index (κ2) is 8.29. The molecule has 0 aliphatic carbocycles. The number of hydrogen-bond donors (Lipinski definition) is 1. The Balaban J connectivity index is 1.30. The molecule has 0 unspecified atom stereocenters. The standard InChI is InChI=1S/C24H24ClN3O3/c1-30-12-11-27-9-7-17-22(27)3-2-4-23(17)31-15-24(29)28-10-8-21-19(14-28)18-13-16(25)5-6-20(18)26-21/h2-7,9,13,26H,8,10-12,14-15H2,1H3. The number of aromatic amines is 1. The van der Waals surface area contributed by atoms with E-state index in [1.54, 1.807) is 7.11 Å². The van der Waals surface area contributed by atoms with Gasteiger partial charge in [0.1, 0.15) is 5.75 Å². The van der Waals surface area contributed by atoms with Crippen LogP contribution in [-0.2, 0) is 29.0 Å². The summed E-state index contributed by atoms with van der Waals surface area (Å²) in [4.78, 5) is 18.3. The van der Waals surface area contributed by atoms with Crippen LogP contribution in [-0.4, -0.2) is 47.2 Å². The molecule has 5 rings (SSSR count). The van der Waals surface area contributed by atoms with Crippen LogP contribution in [0.2, 0.25) is 5.02 Å². The largest absolute Gasteiger partial charge is 0.483 e. The first kappa shape index (κ1) is 20.0. The Kier molecular flexibility index (Phi) is 5.34. The normalized spacial score (nSPS) is 13.7. The highest BCUT2D eigenvalue weighted by atomic mass is 35.5. The molecule has 2 aromatic carbocycles. The second-order valence-electron chi connectivity index (χ2n) is 7.82. The number of carbonyl (C=O) groups excluding carboxylic acids is 1. The molecule has 7 heteroatoms. The van der Waals surface area contributed by atoms with Crippen molar-refractivity contribution >= 4 is 39.3 Å². The van der Waals surface area contributed by atoms with Crippen molar-refractivity contribution in [3.8, 4) is 5.75 Å². The first-order valence-electron chi connectivity index (χ1n) is 10.4. The van der Waals surface area contributed by atoms with Gasteiger partial charge in [-0.1, -0.05) is 17.7 Å². The van der Waals surface area contributed by atoms with Crippen molar-refractivity contribution in [1.82, 2.24) is 14.5 Å². The fourth-order valence-corrected chi connectivity index (χ4v) is 4.51. The van der Waals surface area contributed by atoms with Gasteiger partial charge >= 0.3 is 0 Å². The number of rotatable bonds is 6. The van der Waals surface area contributed by atoms with Gasteiger partial charge in [-0.25, -0.2) is 0 Å². The predicted octanol–water partition coefficient (Wildman–Crippen LogP) is 4.39. The fourth-order valence-electron chi connectivity index (χ4n) is 4.34. The number of carbonyl (C=O) groups is 1. The first-order valence-corrected chi connectivity index (χ1v) is 10.8. The Hall–Kier alpha value is -2.96. The quantitative estimate of drug-likeness (QED) is 0.486. The maximum Gasteiger partial charge on any atom is 0.260 e. The lowest BCUT2D eigenvalue weighted by Crippen LogP contribution is -2.38. The van der Waals surface area contributed by atoms with E-state index in [1.165, 1.54) is 5.69 Å². The summed E-state index contributed by atoms with van der Waals surface area (Å²) in [5, 5.41) is 2.79. The van der Waals surface area contributed by atoms with Gasteiger partial charge in [0.05, 0.1) is 12.1 Å². The highest BCUT2D eigenvalue weighted by Gasteiger charge is 2.24. The molecule has 0 radical (unpaired) electrons. The molecule has 0 saturated carbocycles. The third-order valence-electron chi connectivity index (χ3n) is 5.95. The Morgan fingerprint density at radius 1 is 1.19 bits per heavy atom. The molecule has 1 N–H and O–H groups in total. The summed E-state index contributed by atoms with van der Waals surface area (Å²) >= 11 is 6.19. The van der Waals surface area contributed by atoms with Crippen LogP contribution in [0.15, 0.2) is 48.7 Å². The van der Waals surface area contributed by atoms with Crippen LogP contribution in [0.3, 0.4) is 0 Å². The number of benzene rings is 2. The van der Waals surface area contributed by atoms with E-state index in [0.29, 0.717) is 24.7 Å². The number of H-pyrrole nitrogens is 1. The predicted molar refractivity (Wildman–Crippen MR) is 122 cm³/mol. The summed E-state index contributed by atoms with van der Waals surface area (Å²) in [5.41, 5.74) is 4.46.